The summed E-state index contributed by atoms with van der Waals surface area (Å²) in [7, 11) is 0. The Bertz CT molecular complexity index is 1110. The average Bonchev–Trinajstić information content (AvgIpc) is 3.00. The van der Waals surface area contributed by atoms with E-state index in [0.717, 1.165) is 28.6 Å². The van der Waals surface area contributed by atoms with Gasteiger partial charge in [0.2, 0.25) is 0 Å². The second-order valence-corrected chi connectivity index (χ2v) is 9.60. The summed E-state index contributed by atoms with van der Waals surface area (Å²) >= 11 is 4.21. The zero-order chi connectivity index (χ0) is 24.1. The lowest BCUT2D eigenvalue weighted by molar-refractivity contribution is -0.139. The number of nitrogens with zero attached hydrogens (tertiary/aromatic N) is 1. The van der Waals surface area contributed by atoms with Crippen molar-refractivity contribution in [3.8, 4) is 11.5 Å². The molecule has 1 aliphatic rings. The molecule has 1 saturated heterocycles. The number of hydrogen-bond donors (Lipinski definition) is 1. The zero-order valence-corrected chi connectivity index (χ0v) is 20.9. The molecule has 0 spiro atoms. The number of carbonyl (C=O) groups excluding carboxylic acids is 2. The summed E-state index contributed by atoms with van der Waals surface area (Å²) in [6.45, 7) is 6.06. The van der Waals surface area contributed by atoms with E-state index in [2.05, 4.69) is 29.8 Å². The number of aliphatic carboxylic acids is 1. The summed E-state index contributed by atoms with van der Waals surface area (Å²) < 4.78 is 11.6. The molecular weight excluding hydrogens is 510 g/mol. The summed E-state index contributed by atoms with van der Waals surface area (Å²) in [5, 5.41) is 8.39. The molecule has 3 rings (SSSR count). The smallest absolute Gasteiger partial charge is 0.341 e. The molecule has 2 aromatic rings. The van der Waals surface area contributed by atoms with E-state index in [0.29, 0.717) is 26.6 Å². The van der Waals surface area contributed by atoms with Gasteiger partial charge in [-0.2, -0.15) is 0 Å². The molecule has 7 nitrogen and oxygen atoms in total. The van der Waals surface area contributed by atoms with E-state index in [9.17, 15) is 14.4 Å². The van der Waals surface area contributed by atoms with Crippen molar-refractivity contribution in [3.05, 3.63) is 62.5 Å². The Kier molecular flexibility index (Phi) is 8.20. The van der Waals surface area contributed by atoms with Crippen LogP contribution in [-0.4, -0.2) is 46.9 Å². The van der Waals surface area contributed by atoms with E-state index < -0.39 is 12.6 Å². The van der Waals surface area contributed by atoms with Crippen LogP contribution in [0.15, 0.2) is 45.8 Å². The Morgan fingerprint density at radius 1 is 1.15 bits per heavy atom. The highest BCUT2D eigenvalue weighted by Crippen LogP contribution is 2.34. The van der Waals surface area contributed by atoms with Crippen molar-refractivity contribution in [3.63, 3.8) is 0 Å². The first-order valence-electron chi connectivity index (χ1n) is 10.3. The highest BCUT2D eigenvalue weighted by atomic mass is 79.9. The number of carbonyl (C=O) groups is 3. The maximum absolute atomic E-state index is 12.8. The van der Waals surface area contributed by atoms with Gasteiger partial charge in [-0.1, -0.05) is 32.0 Å². The number of benzene rings is 2. The number of carboxylic acids is 1. The van der Waals surface area contributed by atoms with Crippen LogP contribution >= 0.6 is 27.7 Å². The number of ether oxygens (including phenoxy) is 2. The summed E-state index contributed by atoms with van der Waals surface area (Å²) in [4.78, 5) is 37.3. The van der Waals surface area contributed by atoms with Gasteiger partial charge in [0.1, 0.15) is 18.1 Å². The third kappa shape index (κ3) is 6.39. The molecule has 33 heavy (non-hydrogen) atoms. The van der Waals surface area contributed by atoms with Crippen LogP contribution in [0.5, 0.6) is 11.5 Å². The molecule has 1 heterocycles. The predicted octanol–water partition coefficient (Wildman–Crippen LogP) is 5.46. The van der Waals surface area contributed by atoms with Crippen molar-refractivity contribution in [2.24, 2.45) is 0 Å². The Morgan fingerprint density at radius 2 is 1.91 bits per heavy atom. The van der Waals surface area contributed by atoms with Crippen LogP contribution in [-0.2, 0) is 9.59 Å². The lowest BCUT2D eigenvalue weighted by Gasteiger charge is -2.17. The highest BCUT2D eigenvalue weighted by molar-refractivity contribution is 9.10. The Balaban J connectivity index is 1.65. The van der Waals surface area contributed by atoms with Crippen molar-refractivity contribution in [1.29, 1.82) is 0 Å². The van der Waals surface area contributed by atoms with Crippen molar-refractivity contribution in [1.82, 2.24) is 4.90 Å². The molecule has 9 heteroatoms. The van der Waals surface area contributed by atoms with Gasteiger partial charge < -0.3 is 14.6 Å². The first-order valence-corrected chi connectivity index (χ1v) is 11.9. The van der Waals surface area contributed by atoms with Crippen LogP contribution in [0, 0.1) is 6.92 Å². The lowest BCUT2D eigenvalue weighted by atomic mass is 10.0. The van der Waals surface area contributed by atoms with Crippen LogP contribution in [0.1, 0.15) is 36.5 Å². The van der Waals surface area contributed by atoms with Crippen LogP contribution in [0.3, 0.4) is 0 Å². The SMILES string of the molecule is Cc1ccc(C(C)C)c(OCCN2C(=O)S/C(=C\c3ccc(OCC(=O)O)c(Br)c3)C2=O)c1. The molecule has 1 fully saturated rings. The van der Waals surface area contributed by atoms with Gasteiger partial charge in [-0.25, -0.2) is 4.79 Å². The Morgan fingerprint density at radius 3 is 2.58 bits per heavy atom. The van der Waals surface area contributed by atoms with Crippen LogP contribution in [0.2, 0.25) is 0 Å². The molecule has 1 aliphatic heterocycles. The first-order chi connectivity index (χ1) is 15.7. The van der Waals surface area contributed by atoms with Crippen molar-refractivity contribution in [2.75, 3.05) is 19.8 Å². The van der Waals surface area contributed by atoms with Crippen molar-refractivity contribution in [2.45, 2.75) is 26.7 Å². The molecule has 2 amide bonds. The van der Waals surface area contributed by atoms with Gasteiger partial charge in [-0.3, -0.25) is 14.5 Å². The topological polar surface area (TPSA) is 93.1 Å². The third-order valence-corrected chi connectivity index (χ3v) is 6.37. The minimum absolute atomic E-state index is 0.152. The van der Waals surface area contributed by atoms with Crippen LogP contribution in [0.4, 0.5) is 4.79 Å². The Labute approximate surface area is 204 Å². The molecule has 1 N–H and O–H groups in total. The summed E-state index contributed by atoms with van der Waals surface area (Å²) in [5.41, 5.74) is 2.83. The second kappa shape index (κ2) is 10.9. The quantitative estimate of drug-likeness (QED) is 0.427. The maximum Gasteiger partial charge on any atom is 0.341 e. The van der Waals surface area contributed by atoms with E-state index in [1.807, 2.05) is 25.1 Å². The molecular formula is C24H24BrNO6S. The fourth-order valence-corrected chi connectivity index (χ4v) is 4.57. The molecule has 0 saturated carbocycles. The second-order valence-electron chi connectivity index (χ2n) is 7.75. The van der Waals surface area contributed by atoms with Crippen LogP contribution in [0.25, 0.3) is 6.08 Å². The fourth-order valence-electron chi connectivity index (χ4n) is 3.20. The van der Waals surface area contributed by atoms with Gasteiger partial charge in [0.25, 0.3) is 11.1 Å². The highest BCUT2D eigenvalue weighted by Gasteiger charge is 2.34. The monoisotopic (exact) mass is 533 g/mol. The third-order valence-electron chi connectivity index (χ3n) is 4.84. The van der Waals surface area contributed by atoms with E-state index in [4.69, 9.17) is 14.6 Å². The lowest BCUT2D eigenvalue weighted by Crippen LogP contribution is -2.32. The molecule has 0 atom stereocenters. The number of thioether (sulfide) groups is 1. The standard InChI is InChI=1S/C24H24BrNO6S/c1-14(2)17-6-4-15(3)10-20(17)31-9-8-26-23(29)21(33-24(26)30)12-16-5-7-19(18(25)11-16)32-13-22(27)28/h4-7,10-12,14H,8-9,13H2,1-3H3,(H,27,28)/b21-12-. The zero-order valence-electron chi connectivity index (χ0n) is 18.5. The van der Waals surface area contributed by atoms with E-state index >= 15 is 0 Å². The largest absolute Gasteiger partial charge is 0.491 e. The molecule has 2 aromatic carbocycles. The Hall–Kier alpha value is -2.78. The molecule has 0 radical (unpaired) electrons. The van der Waals surface area contributed by atoms with Gasteiger partial charge in [0, 0.05) is 0 Å². The van der Waals surface area contributed by atoms with Gasteiger partial charge in [0.05, 0.1) is 15.9 Å². The minimum Gasteiger partial charge on any atom is -0.491 e. The molecule has 0 bridgehead atoms. The van der Waals surface area contributed by atoms with E-state index in [-0.39, 0.29) is 24.3 Å². The van der Waals surface area contributed by atoms with Gasteiger partial charge in [-0.15, -0.1) is 0 Å². The maximum atomic E-state index is 12.8. The molecule has 0 unspecified atom stereocenters. The van der Waals surface area contributed by atoms with E-state index in [1.165, 1.54) is 4.90 Å². The number of halogens is 1. The first kappa shape index (κ1) is 24.9. The number of carboxylic acid groups (broad SMARTS) is 1. The van der Waals surface area contributed by atoms with Crippen molar-refractivity contribution >= 4 is 50.9 Å². The molecule has 174 valence electrons. The van der Waals surface area contributed by atoms with Crippen molar-refractivity contribution < 1.29 is 29.0 Å². The number of rotatable bonds is 9. The summed E-state index contributed by atoms with van der Waals surface area (Å²) in [5.74, 6) is -0.0176. The van der Waals surface area contributed by atoms with Gasteiger partial charge in [-0.05, 0) is 81.5 Å². The molecule has 0 aromatic heterocycles. The van der Waals surface area contributed by atoms with Crippen LogP contribution < -0.4 is 9.47 Å². The van der Waals surface area contributed by atoms with Gasteiger partial charge >= 0.3 is 5.97 Å². The number of amides is 2. The normalized spacial score (nSPS) is 14.9. The average molecular weight is 534 g/mol. The summed E-state index contributed by atoms with van der Waals surface area (Å²) in [6.07, 6.45) is 1.62. The number of aryl methyl sites for hydroxylation is 1. The number of hydrogen-bond acceptors (Lipinski definition) is 6. The predicted molar refractivity (Wildman–Crippen MR) is 131 cm³/mol. The summed E-state index contributed by atoms with van der Waals surface area (Å²) in [6, 6.07) is 11.0. The fraction of sp³-hybridized carbons (Fsp3) is 0.292. The van der Waals surface area contributed by atoms with Gasteiger partial charge in [0.15, 0.2) is 6.61 Å². The molecule has 0 aliphatic carbocycles. The number of imide groups is 1. The minimum atomic E-state index is -1.08. The van der Waals surface area contributed by atoms with E-state index in [1.54, 1.807) is 24.3 Å².